The molecule has 10 heteroatoms. The van der Waals surface area contributed by atoms with Gasteiger partial charge in [0.2, 0.25) is 0 Å². The SMILES string of the molecule is O=[N+]([O-])c1ccc[c]([Sn]([c]2cccc([N+](=O)[O-])c2)[c]2cccc([N+](=O)[O-])c2)c1. The Labute approximate surface area is 165 Å². The Kier molecular flexibility index (Phi) is 5.64. The standard InChI is InChI=1S/3C6H4NO2.Sn/c3*8-7(9)6-4-2-1-3-5-6;/h3*1-2,4-5H;. The van der Waals surface area contributed by atoms with Crippen LogP contribution in [0.3, 0.4) is 0 Å². The predicted octanol–water partition coefficient (Wildman–Crippen LogP) is 1.93. The molecule has 3 aromatic carbocycles. The quantitative estimate of drug-likeness (QED) is 0.298. The van der Waals surface area contributed by atoms with Gasteiger partial charge in [-0.1, -0.05) is 0 Å². The van der Waals surface area contributed by atoms with E-state index in [2.05, 4.69) is 0 Å². The zero-order chi connectivity index (χ0) is 20.3. The average Bonchev–Trinajstić information content (AvgIpc) is 2.69. The van der Waals surface area contributed by atoms with Crippen molar-refractivity contribution in [2.75, 3.05) is 0 Å². The Balaban J connectivity index is 2.22. The van der Waals surface area contributed by atoms with Gasteiger partial charge < -0.3 is 0 Å². The summed E-state index contributed by atoms with van der Waals surface area (Å²) in [7, 11) is 0. The predicted molar refractivity (Wildman–Crippen MR) is 104 cm³/mol. The van der Waals surface area contributed by atoms with Gasteiger partial charge in [0.15, 0.2) is 0 Å². The van der Waals surface area contributed by atoms with E-state index >= 15 is 0 Å². The number of hydrogen-bond donors (Lipinski definition) is 0. The molecule has 0 aromatic heterocycles. The molecule has 0 N–H and O–H groups in total. The summed E-state index contributed by atoms with van der Waals surface area (Å²) in [6.45, 7) is 0. The molecule has 9 nitrogen and oxygen atoms in total. The van der Waals surface area contributed by atoms with Crippen molar-refractivity contribution in [2.45, 2.75) is 0 Å². The van der Waals surface area contributed by atoms with Gasteiger partial charge in [0.05, 0.1) is 0 Å². The number of non-ortho nitro benzene ring substituents is 3. The van der Waals surface area contributed by atoms with Crippen molar-refractivity contribution in [3.05, 3.63) is 103 Å². The molecule has 0 spiro atoms. The Bertz CT molecular complexity index is 951. The molecular formula is C18H12N3O6Sn. The number of hydrogen-bond acceptors (Lipinski definition) is 6. The van der Waals surface area contributed by atoms with Crippen LogP contribution >= 0.6 is 0 Å². The summed E-state index contributed by atoms with van der Waals surface area (Å²) in [6, 6.07) is 18.3. The summed E-state index contributed by atoms with van der Waals surface area (Å²) in [6.07, 6.45) is 0. The number of benzene rings is 3. The van der Waals surface area contributed by atoms with Gasteiger partial charge in [0.1, 0.15) is 0 Å². The van der Waals surface area contributed by atoms with Gasteiger partial charge in [-0.3, -0.25) is 0 Å². The normalized spacial score (nSPS) is 10.6. The van der Waals surface area contributed by atoms with E-state index in [9.17, 15) is 30.3 Å². The third-order valence-electron chi connectivity index (χ3n) is 4.04. The van der Waals surface area contributed by atoms with Gasteiger partial charge in [-0.2, -0.15) is 0 Å². The fraction of sp³-hybridized carbons (Fsp3) is 0. The summed E-state index contributed by atoms with van der Waals surface area (Å²) >= 11 is -3.17. The van der Waals surface area contributed by atoms with Crippen LogP contribution in [-0.2, 0) is 0 Å². The summed E-state index contributed by atoms with van der Waals surface area (Å²) < 4.78 is 2.08. The fourth-order valence-corrected chi connectivity index (χ4v) is 10.4. The zero-order valence-corrected chi connectivity index (χ0v) is 17.1. The fourth-order valence-electron chi connectivity index (χ4n) is 2.82. The van der Waals surface area contributed by atoms with Crippen LogP contribution in [-0.4, -0.2) is 34.5 Å². The number of nitro benzene ring substituents is 3. The molecule has 0 aliphatic heterocycles. The van der Waals surface area contributed by atoms with E-state index in [1.165, 1.54) is 36.4 Å². The Morgan fingerprint density at radius 2 is 0.821 bits per heavy atom. The van der Waals surface area contributed by atoms with Crippen LogP contribution in [0.1, 0.15) is 0 Å². The molecule has 1 radical (unpaired) electrons. The van der Waals surface area contributed by atoms with Crippen molar-refractivity contribution in [1.29, 1.82) is 0 Å². The van der Waals surface area contributed by atoms with Crippen LogP contribution < -0.4 is 10.7 Å². The Morgan fingerprint density at radius 1 is 0.536 bits per heavy atom. The summed E-state index contributed by atoms with van der Waals surface area (Å²) in [5.41, 5.74) is -0.274. The van der Waals surface area contributed by atoms with Gasteiger partial charge in [0.25, 0.3) is 0 Å². The van der Waals surface area contributed by atoms with Crippen LogP contribution in [0.15, 0.2) is 72.8 Å². The maximum absolute atomic E-state index is 11.2. The average molecular weight is 485 g/mol. The first-order valence-corrected chi connectivity index (χ1v) is 12.3. The molecule has 0 bridgehead atoms. The first-order chi connectivity index (χ1) is 13.4. The van der Waals surface area contributed by atoms with Crippen LogP contribution in [0.4, 0.5) is 17.1 Å². The van der Waals surface area contributed by atoms with E-state index in [4.69, 9.17) is 0 Å². The summed E-state index contributed by atoms with van der Waals surface area (Å²) in [5.74, 6) is 0. The summed E-state index contributed by atoms with van der Waals surface area (Å²) in [5, 5.41) is 33.6. The Morgan fingerprint density at radius 3 is 1.07 bits per heavy atom. The molecule has 0 saturated heterocycles. The molecule has 0 atom stereocenters. The first kappa shape index (κ1) is 19.4. The molecule has 0 unspecified atom stereocenters. The molecule has 0 fully saturated rings. The second-order valence-corrected chi connectivity index (χ2v) is 12.9. The number of nitro groups is 3. The monoisotopic (exact) mass is 486 g/mol. The second-order valence-electron chi connectivity index (χ2n) is 5.80. The molecule has 28 heavy (non-hydrogen) atoms. The zero-order valence-electron chi connectivity index (χ0n) is 14.2. The van der Waals surface area contributed by atoms with Crippen LogP contribution in [0, 0.1) is 30.3 Å². The maximum atomic E-state index is 11.2. The first-order valence-electron chi connectivity index (χ1n) is 7.98. The van der Waals surface area contributed by atoms with Crippen molar-refractivity contribution in [1.82, 2.24) is 0 Å². The molecule has 0 aliphatic rings. The minimum absolute atomic E-state index is 0.0912. The van der Waals surface area contributed by atoms with Gasteiger partial charge in [-0.05, 0) is 0 Å². The molecule has 3 rings (SSSR count). The Hall–Kier alpha value is -3.34. The molecule has 3 aromatic rings. The van der Waals surface area contributed by atoms with Gasteiger partial charge in [0, 0.05) is 0 Å². The molecule has 0 heterocycles. The number of rotatable bonds is 6. The summed E-state index contributed by atoms with van der Waals surface area (Å²) in [4.78, 5) is 32.0. The molecule has 139 valence electrons. The molecule has 0 aliphatic carbocycles. The molecular weight excluding hydrogens is 473 g/mol. The van der Waals surface area contributed by atoms with E-state index in [-0.39, 0.29) is 17.1 Å². The van der Waals surface area contributed by atoms with Crippen LogP contribution in [0.5, 0.6) is 0 Å². The van der Waals surface area contributed by atoms with Gasteiger partial charge in [-0.25, -0.2) is 0 Å². The molecule has 0 amide bonds. The third-order valence-corrected chi connectivity index (χ3v) is 11.6. The van der Waals surface area contributed by atoms with Crippen molar-refractivity contribution in [2.24, 2.45) is 0 Å². The number of nitrogens with zero attached hydrogens (tertiary/aromatic N) is 3. The van der Waals surface area contributed by atoms with E-state index in [1.807, 2.05) is 0 Å². The van der Waals surface area contributed by atoms with Crippen molar-refractivity contribution in [3.8, 4) is 0 Å². The van der Waals surface area contributed by atoms with E-state index in [1.54, 1.807) is 36.4 Å². The van der Waals surface area contributed by atoms with Crippen molar-refractivity contribution < 1.29 is 14.8 Å². The van der Waals surface area contributed by atoms with Crippen molar-refractivity contribution in [3.63, 3.8) is 0 Å². The van der Waals surface area contributed by atoms with Crippen molar-refractivity contribution >= 4 is 47.6 Å². The van der Waals surface area contributed by atoms with Gasteiger partial charge in [-0.15, -0.1) is 0 Å². The van der Waals surface area contributed by atoms with Crippen LogP contribution in [0.25, 0.3) is 0 Å². The van der Waals surface area contributed by atoms with E-state index in [0.717, 1.165) is 0 Å². The third kappa shape index (κ3) is 4.14. The second kappa shape index (κ2) is 8.13. The van der Waals surface area contributed by atoms with E-state index in [0.29, 0.717) is 10.7 Å². The van der Waals surface area contributed by atoms with E-state index < -0.39 is 34.5 Å². The minimum atomic E-state index is -3.17. The van der Waals surface area contributed by atoms with Crippen LogP contribution in [0.2, 0.25) is 0 Å². The molecule has 0 saturated carbocycles. The van der Waals surface area contributed by atoms with Gasteiger partial charge >= 0.3 is 165 Å². The topological polar surface area (TPSA) is 129 Å².